The van der Waals surface area contributed by atoms with Gasteiger partial charge in [-0.25, -0.2) is 0 Å². The Bertz CT molecular complexity index is 750. The zero-order chi connectivity index (χ0) is 17.8. The van der Waals surface area contributed by atoms with Gasteiger partial charge in [-0.05, 0) is 24.3 Å². The maximum Gasteiger partial charge on any atom is 0.270 e. The lowest BCUT2D eigenvalue weighted by molar-refractivity contribution is 0.0531. The summed E-state index contributed by atoms with van der Waals surface area (Å²) < 4.78 is 10.5. The second kappa shape index (κ2) is 7.29. The molecule has 1 N–H and O–H groups in total. The minimum absolute atomic E-state index is 0.0425. The SMILES string of the molecule is COc1ccc(C(=O)N2CCN(C(=O)c3ccc[nH]3)CC2)c(OC)c1. The van der Waals surface area contributed by atoms with Crippen LogP contribution in [0.15, 0.2) is 36.5 Å². The molecule has 7 heteroatoms. The molecule has 1 aromatic heterocycles. The standard InChI is InChI=1S/C18H21N3O4/c1-24-13-5-6-14(16(12-13)25-2)17(22)20-8-10-21(11-9-20)18(23)15-4-3-7-19-15/h3-7,12,19H,8-11H2,1-2H3. The topological polar surface area (TPSA) is 74.9 Å². The Balaban J connectivity index is 1.67. The Kier molecular flexibility index (Phi) is 4.92. The quantitative estimate of drug-likeness (QED) is 0.916. The molecular weight excluding hydrogens is 322 g/mol. The Morgan fingerprint density at radius 3 is 2.20 bits per heavy atom. The molecule has 1 aliphatic heterocycles. The second-order valence-corrected chi connectivity index (χ2v) is 5.73. The van der Waals surface area contributed by atoms with Crippen LogP contribution in [-0.4, -0.2) is 67.0 Å². The average Bonchev–Trinajstić information content (AvgIpc) is 3.21. The minimum atomic E-state index is -0.105. The van der Waals surface area contributed by atoms with Gasteiger partial charge >= 0.3 is 0 Å². The highest BCUT2D eigenvalue weighted by atomic mass is 16.5. The van der Waals surface area contributed by atoms with Crippen molar-refractivity contribution in [3.8, 4) is 11.5 Å². The lowest BCUT2D eigenvalue weighted by Gasteiger charge is -2.34. The summed E-state index contributed by atoms with van der Waals surface area (Å²) in [6.07, 6.45) is 1.73. The number of piperazine rings is 1. The normalized spacial score (nSPS) is 14.3. The van der Waals surface area contributed by atoms with Crippen LogP contribution in [0.5, 0.6) is 11.5 Å². The molecule has 1 saturated heterocycles. The molecule has 1 aromatic carbocycles. The molecule has 0 radical (unpaired) electrons. The highest BCUT2D eigenvalue weighted by Crippen LogP contribution is 2.26. The van der Waals surface area contributed by atoms with Crippen molar-refractivity contribution >= 4 is 11.8 Å². The number of rotatable bonds is 4. The fourth-order valence-electron chi connectivity index (χ4n) is 2.89. The molecule has 3 rings (SSSR count). The molecule has 0 saturated carbocycles. The maximum absolute atomic E-state index is 12.8. The Morgan fingerprint density at radius 1 is 0.960 bits per heavy atom. The number of H-pyrrole nitrogens is 1. The summed E-state index contributed by atoms with van der Waals surface area (Å²) in [7, 11) is 3.09. The first kappa shape index (κ1) is 16.9. The molecule has 25 heavy (non-hydrogen) atoms. The largest absolute Gasteiger partial charge is 0.497 e. The Hall–Kier alpha value is -2.96. The van der Waals surface area contributed by atoms with Gasteiger partial charge in [0.2, 0.25) is 0 Å². The summed E-state index contributed by atoms with van der Waals surface area (Å²) in [5, 5.41) is 0. The lowest BCUT2D eigenvalue weighted by atomic mass is 10.1. The second-order valence-electron chi connectivity index (χ2n) is 5.73. The van der Waals surface area contributed by atoms with Gasteiger partial charge in [0, 0.05) is 38.4 Å². The van der Waals surface area contributed by atoms with Crippen LogP contribution in [0.1, 0.15) is 20.8 Å². The molecule has 2 amide bonds. The molecule has 0 bridgehead atoms. The predicted octanol–water partition coefficient (Wildman–Crippen LogP) is 1.63. The van der Waals surface area contributed by atoms with Gasteiger partial charge in [-0.2, -0.15) is 0 Å². The number of benzene rings is 1. The van der Waals surface area contributed by atoms with Crippen LogP contribution in [0, 0.1) is 0 Å². The number of amides is 2. The van der Waals surface area contributed by atoms with E-state index < -0.39 is 0 Å². The summed E-state index contributed by atoms with van der Waals surface area (Å²) in [5.74, 6) is 0.967. The number of aromatic nitrogens is 1. The zero-order valence-electron chi connectivity index (χ0n) is 14.3. The van der Waals surface area contributed by atoms with Crippen LogP contribution in [0.4, 0.5) is 0 Å². The van der Waals surface area contributed by atoms with Gasteiger partial charge in [0.15, 0.2) is 0 Å². The summed E-state index contributed by atoms with van der Waals surface area (Å²) in [4.78, 5) is 31.5. The molecule has 2 heterocycles. The fourth-order valence-corrected chi connectivity index (χ4v) is 2.89. The van der Waals surface area contributed by atoms with E-state index in [1.165, 1.54) is 7.11 Å². The third kappa shape index (κ3) is 3.45. The van der Waals surface area contributed by atoms with Crippen molar-refractivity contribution in [3.05, 3.63) is 47.8 Å². The minimum Gasteiger partial charge on any atom is -0.497 e. The first-order chi connectivity index (χ1) is 12.1. The fraction of sp³-hybridized carbons (Fsp3) is 0.333. The Labute approximate surface area is 146 Å². The van der Waals surface area contributed by atoms with Gasteiger partial charge in [0.1, 0.15) is 17.2 Å². The molecule has 1 aliphatic rings. The van der Waals surface area contributed by atoms with Crippen molar-refractivity contribution in [3.63, 3.8) is 0 Å². The van der Waals surface area contributed by atoms with Crippen LogP contribution < -0.4 is 9.47 Å². The van der Waals surface area contributed by atoms with E-state index in [1.54, 1.807) is 53.4 Å². The summed E-state index contributed by atoms with van der Waals surface area (Å²) >= 11 is 0. The molecular formula is C18H21N3O4. The number of hydrogen-bond acceptors (Lipinski definition) is 4. The summed E-state index contributed by atoms with van der Waals surface area (Å²) in [5.41, 5.74) is 1.06. The van der Waals surface area contributed by atoms with Crippen LogP contribution in [0.25, 0.3) is 0 Å². The van der Waals surface area contributed by atoms with Crippen molar-refractivity contribution in [1.82, 2.24) is 14.8 Å². The molecule has 0 unspecified atom stereocenters. The predicted molar refractivity (Wildman–Crippen MR) is 92.1 cm³/mol. The molecule has 0 aliphatic carbocycles. The number of methoxy groups -OCH3 is 2. The monoisotopic (exact) mass is 343 g/mol. The van der Waals surface area contributed by atoms with E-state index in [4.69, 9.17) is 9.47 Å². The van der Waals surface area contributed by atoms with E-state index in [0.29, 0.717) is 48.9 Å². The maximum atomic E-state index is 12.8. The van der Waals surface area contributed by atoms with Crippen molar-refractivity contribution in [2.24, 2.45) is 0 Å². The van der Waals surface area contributed by atoms with Crippen molar-refractivity contribution in [1.29, 1.82) is 0 Å². The van der Waals surface area contributed by atoms with Crippen LogP contribution >= 0.6 is 0 Å². The zero-order valence-corrected chi connectivity index (χ0v) is 14.3. The smallest absolute Gasteiger partial charge is 0.270 e. The van der Waals surface area contributed by atoms with Crippen molar-refractivity contribution in [2.45, 2.75) is 0 Å². The number of nitrogens with one attached hydrogen (secondary N) is 1. The van der Waals surface area contributed by atoms with Gasteiger partial charge in [-0.1, -0.05) is 0 Å². The van der Waals surface area contributed by atoms with Crippen LogP contribution in [0.3, 0.4) is 0 Å². The van der Waals surface area contributed by atoms with Gasteiger partial charge in [-0.3, -0.25) is 9.59 Å². The molecule has 2 aromatic rings. The van der Waals surface area contributed by atoms with Gasteiger partial charge in [0.05, 0.1) is 19.8 Å². The lowest BCUT2D eigenvalue weighted by Crippen LogP contribution is -2.50. The van der Waals surface area contributed by atoms with Gasteiger partial charge < -0.3 is 24.3 Å². The van der Waals surface area contributed by atoms with Gasteiger partial charge in [0.25, 0.3) is 11.8 Å². The van der Waals surface area contributed by atoms with Crippen LogP contribution in [0.2, 0.25) is 0 Å². The first-order valence-corrected chi connectivity index (χ1v) is 8.08. The van der Waals surface area contributed by atoms with E-state index in [1.807, 2.05) is 0 Å². The summed E-state index contributed by atoms with van der Waals surface area (Å²) in [6, 6.07) is 8.68. The number of aromatic amines is 1. The third-order valence-electron chi connectivity index (χ3n) is 4.32. The van der Waals surface area contributed by atoms with Crippen LogP contribution in [-0.2, 0) is 0 Å². The summed E-state index contributed by atoms with van der Waals surface area (Å²) in [6.45, 7) is 1.98. The highest BCUT2D eigenvalue weighted by Gasteiger charge is 2.27. The van der Waals surface area contributed by atoms with E-state index >= 15 is 0 Å². The van der Waals surface area contributed by atoms with Crippen molar-refractivity contribution < 1.29 is 19.1 Å². The van der Waals surface area contributed by atoms with E-state index in [2.05, 4.69) is 4.98 Å². The van der Waals surface area contributed by atoms with E-state index in [9.17, 15) is 9.59 Å². The molecule has 7 nitrogen and oxygen atoms in total. The molecule has 132 valence electrons. The number of hydrogen-bond donors (Lipinski definition) is 1. The number of nitrogens with zero attached hydrogens (tertiary/aromatic N) is 2. The third-order valence-corrected chi connectivity index (χ3v) is 4.32. The average molecular weight is 343 g/mol. The first-order valence-electron chi connectivity index (χ1n) is 8.08. The van der Waals surface area contributed by atoms with E-state index in [0.717, 1.165) is 0 Å². The molecule has 0 atom stereocenters. The van der Waals surface area contributed by atoms with Gasteiger partial charge in [-0.15, -0.1) is 0 Å². The van der Waals surface area contributed by atoms with Crippen molar-refractivity contribution in [2.75, 3.05) is 40.4 Å². The van der Waals surface area contributed by atoms with E-state index in [-0.39, 0.29) is 11.8 Å². The number of ether oxygens (including phenoxy) is 2. The number of carbonyl (C=O) groups excluding carboxylic acids is 2. The Morgan fingerprint density at radius 2 is 1.64 bits per heavy atom. The highest BCUT2D eigenvalue weighted by molar-refractivity contribution is 5.97. The number of carbonyl (C=O) groups is 2. The molecule has 1 fully saturated rings. The molecule has 0 spiro atoms.